The molecule has 0 aliphatic heterocycles. The average molecular weight is 339 g/mol. The molecule has 116 valence electrons. The molecule has 2 aromatic carbocycles. The molecule has 4 nitrogen and oxygen atoms in total. The van der Waals surface area contributed by atoms with Gasteiger partial charge in [-0.25, -0.2) is 0 Å². The van der Waals surface area contributed by atoms with Crippen LogP contribution in [0, 0.1) is 0 Å². The summed E-state index contributed by atoms with van der Waals surface area (Å²) in [6.07, 6.45) is 1.44. The van der Waals surface area contributed by atoms with Crippen LogP contribution in [0.15, 0.2) is 53.9 Å². The lowest BCUT2D eigenvalue weighted by atomic mass is 10.2. The SMILES string of the molecule is CCOc1ccccc1OS(=O)(=O)/C=C/c1ccc(Cl)cc1. The molecular weight excluding hydrogens is 324 g/mol. The van der Waals surface area contributed by atoms with Gasteiger partial charge in [0.25, 0.3) is 0 Å². The molecular formula is C16H15ClO4S. The molecule has 0 aliphatic carbocycles. The van der Waals surface area contributed by atoms with E-state index >= 15 is 0 Å². The minimum absolute atomic E-state index is 0.158. The molecule has 0 aliphatic rings. The number of rotatable bonds is 6. The quantitative estimate of drug-likeness (QED) is 0.743. The van der Waals surface area contributed by atoms with E-state index < -0.39 is 10.1 Å². The number of benzene rings is 2. The summed E-state index contributed by atoms with van der Waals surface area (Å²) >= 11 is 5.78. The van der Waals surface area contributed by atoms with Gasteiger partial charge in [-0.15, -0.1) is 0 Å². The molecule has 0 heterocycles. The first-order valence-electron chi connectivity index (χ1n) is 6.60. The normalized spacial score (nSPS) is 11.5. The average Bonchev–Trinajstić information content (AvgIpc) is 2.49. The minimum atomic E-state index is -3.88. The molecule has 0 atom stereocenters. The maximum absolute atomic E-state index is 12.0. The number of halogens is 1. The van der Waals surface area contributed by atoms with E-state index in [1.54, 1.807) is 48.5 Å². The van der Waals surface area contributed by atoms with Gasteiger partial charge in [0.05, 0.1) is 12.0 Å². The lowest BCUT2D eigenvalue weighted by molar-refractivity contribution is 0.328. The molecule has 0 radical (unpaired) electrons. The Balaban J connectivity index is 2.16. The fourth-order valence-electron chi connectivity index (χ4n) is 1.68. The third-order valence-electron chi connectivity index (χ3n) is 2.65. The lowest BCUT2D eigenvalue weighted by Crippen LogP contribution is -2.06. The maximum atomic E-state index is 12.0. The zero-order chi connectivity index (χ0) is 16.0. The lowest BCUT2D eigenvalue weighted by Gasteiger charge is -2.09. The van der Waals surface area contributed by atoms with Crippen molar-refractivity contribution < 1.29 is 17.3 Å². The molecule has 0 saturated carbocycles. The molecule has 0 fully saturated rings. The van der Waals surface area contributed by atoms with Gasteiger partial charge in [-0.1, -0.05) is 35.9 Å². The smallest absolute Gasteiger partial charge is 0.332 e. The van der Waals surface area contributed by atoms with Gasteiger partial charge < -0.3 is 8.92 Å². The molecule has 0 spiro atoms. The molecule has 6 heteroatoms. The summed E-state index contributed by atoms with van der Waals surface area (Å²) in [7, 11) is -3.88. The summed E-state index contributed by atoms with van der Waals surface area (Å²) in [4.78, 5) is 0. The van der Waals surface area contributed by atoms with Crippen molar-refractivity contribution in [3.8, 4) is 11.5 Å². The second kappa shape index (κ2) is 7.33. The van der Waals surface area contributed by atoms with Crippen LogP contribution in [0.3, 0.4) is 0 Å². The molecule has 2 aromatic rings. The van der Waals surface area contributed by atoms with Crippen molar-refractivity contribution in [3.05, 3.63) is 64.5 Å². The van der Waals surface area contributed by atoms with Crippen LogP contribution >= 0.6 is 11.6 Å². The Morgan fingerprint density at radius 3 is 2.32 bits per heavy atom. The minimum Gasteiger partial charge on any atom is -0.490 e. The standard InChI is InChI=1S/C16H15ClO4S/c1-2-20-15-5-3-4-6-16(15)21-22(18,19)12-11-13-7-9-14(17)10-8-13/h3-12H,2H2,1H3/b12-11+. The van der Waals surface area contributed by atoms with E-state index in [0.29, 0.717) is 22.9 Å². The summed E-state index contributed by atoms with van der Waals surface area (Å²) in [6.45, 7) is 2.23. The summed E-state index contributed by atoms with van der Waals surface area (Å²) in [5.74, 6) is 0.540. The predicted octanol–water partition coefficient (Wildman–Crippen LogP) is 4.12. The first-order chi connectivity index (χ1) is 10.5. The third kappa shape index (κ3) is 4.79. The number of hydrogen-bond donors (Lipinski definition) is 0. The number of para-hydroxylation sites is 2. The van der Waals surface area contributed by atoms with Gasteiger partial charge in [0.15, 0.2) is 11.5 Å². The van der Waals surface area contributed by atoms with Crippen LogP contribution in [0.1, 0.15) is 12.5 Å². The molecule has 22 heavy (non-hydrogen) atoms. The van der Waals surface area contributed by atoms with Crippen LogP contribution in [-0.2, 0) is 10.1 Å². The van der Waals surface area contributed by atoms with E-state index in [2.05, 4.69) is 0 Å². The summed E-state index contributed by atoms with van der Waals surface area (Å²) in [6, 6.07) is 13.4. The highest BCUT2D eigenvalue weighted by Gasteiger charge is 2.12. The van der Waals surface area contributed by atoms with Gasteiger partial charge in [-0.05, 0) is 42.8 Å². The van der Waals surface area contributed by atoms with E-state index in [-0.39, 0.29) is 5.75 Å². The van der Waals surface area contributed by atoms with E-state index in [1.807, 2.05) is 6.92 Å². The molecule has 0 N–H and O–H groups in total. The van der Waals surface area contributed by atoms with Crippen LogP contribution in [0.4, 0.5) is 0 Å². The van der Waals surface area contributed by atoms with Gasteiger partial charge >= 0.3 is 10.1 Å². The zero-order valence-electron chi connectivity index (χ0n) is 11.9. The maximum Gasteiger partial charge on any atom is 0.332 e. The highest BCUT2D eigenvalue weighted by Crippen LogP contribution is 2.28. The molecule has 0 aromatic heterocycles. The Hall–Kier alpha value is -1.98. The van der Waals surface area contributed by atoms with Gasteiger partial charge in [-0.2, -0.15) is 8.42 Å². The monoisotopic (exact) mass is 338 g/mol. The Morgan fingerprint density at radius 2 is 1.68 bits per heavy atom. The van der Waals surface area contributed by atoms with E-state index in [4.69, 9.17) is 20.5 Å². The van der Waals surface area contributed by atoms with Crippen molar-refractivity contribution in [1.82, 2.24) is 0 Å². The highest BCUT2D eigenvalue weighted by molar-refractivity contribution is 7.90. The van der Waals surface area contributed by atoms with Crippen molar-refractivity contribution in [3.63, 3.8) is 0 Å². The second-order valence-corrected chi connectivity index (χ2v) is 6.17. The topological polar surface area (TPSA) is 52.6 Å². The van der Waals surface area contributed by atoms with Gasteiger partial charge in [0, 0.05) is 5.02 Å². The van der Waals surface area contributed by atoms with E-state index in [0.717, 1.165) is 5.41 Å². The highest BCUT2D eigenvalue weighted by atomic mass is 35.5. The second-order valence-electron chi connectivity index (χ2n) is 4.31. The molecule has 0 unspecified atom stereocenters. The van der Waals surface area contributed by atoms with Crippen molar-refractivity contribution in [1.29, 1.82) is 0 Å². The van der Waals surface area contributed by atoms with Gasteiger partial charge in [0.2, 0.25) is 0 Å². The molecule has 0 bridgehead atoms. The van der Waals surface area contributed by atoms with Crippen LogP contribution in [0.5, 0.6) is 11.5 Å². The largest absolute Gasteiger partial charge is 0.490 e. The third-order valence-corrected chi connectivity index (χ3v) is 3.79. The van der Waals surface area contributed by atoms with Crippen molar-refractivity contribution in [2.45, 2.75) is 6.92 Å². The Morgan fingerprint density at radius 1 is 1.05 bits per heavy atom. The van der Waals surface area contributed by atoms with Crippen LogP contribution < -0.4 is 8.92 Å². The first kappa shape index (κ1) is 16.4. The zero-order valence-corrected chi connectivity index (χ0v) is 13.5. The number of ether oxygens (including phenoxy) is 1. The first-order valence-corrected chi connectivity index (χ1v) is 8.45. The Bertz CT molecular complexity index is 752. The predicted molar refractivity (Wildman–Crippen MR) is 87.6 cm³/mol. The van der Waals surface area contributed by atoms with Crippen molar-refractivity contribution >= 4 is 27.8 Å². The summed E-state index contributed by atoms with van der Waals surface area (Å²) < 4.78 is 34.4. The van der Waals surface area contributed by atoms with Gasteiger partial charge in [0.1, 0.15) is 0 Å². The summed E-state index contributed by atoms with van der Waals surface area (Å²) in [5, 5.41) is 1.58. The van der Waals surface area contributed by atoms with Gasteiger partial charge in [-0.3, -0.25) is 0 Å². The fourth-order valence-corrected chi connectivity index (χ4v) is 2.58. The van der Waals surface area contributed by atoms with E-state index in [1.165, 1.54) is 6.08 Å². The Labute approximate surface area is 135 Å². The molecule has 0 saturated heterocycles. The number of hydrogen-bond acceptors (Lipinski definition) is 4. The Kier molecular flexibility index (Phi) is 5.46. The van der Waals surface area contributed by atoms with Crippen LogP contribution in [-0.4, -0.2) is 15.0 Å². The molecule has 2 rings (SSSR count). The summed E-state index contributed by atoms with van der Waals surface area (Å²) in [5.41, 5.74) is 0.703. The van der Waals surface area contributed by atoms with Crippen LogP contribution in [0.2, 0.25) is 5.02 Å². The van der Waals surface area contributed by atoms with Crippen molar-refractivity contribution in [2.24, 2.45) is 0 Å². The van der Waals surface area contributed by atoms with E-state index in [9.17, 15) is 8.42 Å². The van der Waals surface area contributed by atoms with Crippen LogP contribution in [0.25, 0.3) is 6.08 Å². The molecule has 0 amide bonds. The fraction of sp³-hybridized carbons (Fsp3) is 0.125. The van der Waals surface area contributed by atoms with Crippen molar-refractivity contribution in [2.75, 3.05) is 6.61 Å².